The molecule has 0 aromatic rings. The van der Waals surface area contributed by atoms with Gasteiger partial charge < -0.3 is 14.5 Å². The van der Waals surface area contributed by atoms with Crippen LogP contribution in [0.1, 0.15) is 26.2 Å². The fraction of sp³-hybridized carbons (Fsp3) is 0.923. The highest BCUT2D eigenvalue weighted by molar-refractivity contribution is 5.75. The molecule has 0 atom stereocenters. The highest BCUT2D eigenvalue weighted by Crippen LogP contribution is 2.04. The third-order valence-electron chi connectivity index (χ3n) is 3.32. The third-order valence-corrected chi connectivity index (χ3v) is 3.32. The van der Waals surface area contributed by atoms with E-state index in [9.17, 15) is 4.79 Å². The minimum Gasteiger partial charge on any atom is -0.385 e. The van der Waals surface area contributed by atoms with Crippen LogP contribution in [-0.4, -0.2) is 68.6 Å². The lowest BCUT2D eigenvalue weighted by Gasteiger charge is -2.34. The predicted molar refractivity (Wildman–Crippen MR) is 69.3 cm³/mol. The van der Waals surface area contributed by atoms with Gasteiger partial charge in [-0.3, -0.25) is 4.79 Å². The van der Waals surface area contributed by atoms with Gasteiger partial charge in [0.2, 0.25) is 0 Å². The lowest BCUT2D eigenvalue weighted by Crippen LogP contribution is -2.46. The summed E-state index contributed by atoms with van der Waals surface area (Å²) in [6, 6.07) is 0. The van der Waals surface area contributed by atoms with Gasteiger partial charge in [0.15, 0.2) is 0 Å². The van der Waals surface area contributed by atoms with E-state index in [1.54, 1.807) is 14.0 Å². The maximum absolute atomic E-state index is 10.9. The fourth-order valence-corrected chi connectivity index (χ4v) is 2.13. The van der Waals surface area contributed by atoms with E-state index >= 15 is 0 Å². The Balaban J connectivity index is 2.03. The number of Topliss-reactive ketones (excluding diaryl/α,β-unsaturated/α-hetero) is 1. The Morgan fingerprint density at radius 1 is 1.06 bits per heavy atom. The van der Waals surface area contributed by atoms with E-state index in [1.807, 2.05) is 0 Å². The largest absolute Gasteiger partial charge is 0.385 e. The number of hydrogen-bond donors (Lipinski definition) is 0. The predicted octanol–water partition coefficient (Wildman–Crippen LogP) is 1.01. The van der Waals surface area contributed by atoms with Crippen LogP contribution in [0.25, 0.3) is 0 Å². The first-order valence-corrected chi connectivity index (χ1v) is 6.65. The molecule has 0 amide bonds. The van der Waals surface area contributed by atoms with Crippen LogP contribution in [-0.2, 0) is 9.53 Å². The van der Waals surface area contributed by atoms with Crippen LogP contribution in [0, 0.1) is 0 Å². The van der Waals surface area contributed by atoms with Crippen LogP contribution in [0.15, 0.2) is 0 Å². The van der Waals surface area contributed by atoms with E-state index in [-0.39, 0.29) is 0 Å². The lowest BCUT2D eigenvalue weighted by molar-refractivity contribution is -0.117. The molecule has 100 valence electrons. The normalized spacial score (nSPS) is 18.5. The van der Waals surface area contributed by atoms with E-state index in [0.29, 0.717) is 12.2 Å². The lowest BCUT2D eigenvalue weighted by atomic mass is 10.2. The Bertz CT molecular complexity index is 213. The molecule has 4 nitrogen and oxygen atoms in total. The van der Waals surface area contributed by atoms with Crippen molar-refractivity contribution in [2.45, 2.75) is 26.2 Å². The molecule has 0 radical (unpaired) electrons. The molecule has 1 fully saturated rings. The van der Waals surface area contributed by atoms with Gasteiger partial charge in [0.25, 0.3) is 0 Å². The number of carbonyl (C=O) groups excluding carboxylic acids is 1. The molecule has 1 rings (SSSR count). The fourth-order valence-electron chi connectivity index (χ4n) is 2.13. The van der Waals surface area contributed by atoms with Crippen molar-refractivity contribution in [1.82, 2.24) is 9.80 Å². The maximum Gasteiger partial charge on any atom is 0.131 e. The van der Waals surface area contributed by atoms with Crippen molar-refractivity contribution < 1.29 is 9.53 Å². The summed E-state index contributed by atoms with van der Waals surface area (Å²) >= 11 is 0. The van der Waals surface area contributed by atoms with Crippen LogP contribution in [0.5, 0.6) is 0 Å². The average Bonchev–Trinajstić information content (AvgIpc) is 2.33. The van der Waals surface area contributed by atoms with Gasteiger partial charge in [-0.15, -0.1) is 0 Å². The van der Waals surface area contributed by atoms with E-state index < -0.39 is 0 Å². The Hall–Kier alpha value is -0.450. The second-order valence-electron chi connectivity index (χ2n) is 4.84. The summed E-state index contributed by atoms with van der Waals surface area (Å²) in [5.74, 6) is 0.298. The first kappa shape index (κ1) is 14.6. The van der Waals surface area contributed by atoms with Crippen molar-refractivity contribution in [1.29, 1.82) is 0 Å². The van der Waals surface area contributed by atoms with Crippen LogP contribution in [0.2, 0.25) is 0 Å². The Morgan fingerprint density at radius 2 is 1.65 bits per heavy atom. The number of methoxy groups -OCH3 is 1. The summed E-state index contributed by atoms with van der Waals surface area (Å²) in [6.45, 7) is 9.17. The molecule has 0 spiro atoms. The Kier molecular flexibility index (Phi) is 7.40. The molecule has 4 heteroatoms. The van der Waals surface area contributed by atoms with Crippen molar-refractivity contribution in [3.8, 4) is 0 Å². The van der Waals surface area contributed by atoms with Crippen molar-refractivity contribution in [2.24, 2.45) is 0 Å². The van der Waals surface area contributed by atoms with E-state index in [4.69, 9.17) is 4.74 Å². The van der Waals surface area contributed by atoms with Gasteiger partial charge >= 0.3 is 0 Å². The summed E-state index contributed by atoms with van der Waals surface area (Å²) in [4.78, 5) is 15.8. The molecule has 0 aromatic carbocycles. The minimum absolute atomic E-state index is 0.298. The van der Waals surface area contributed by atoms with Gasteiger partial charge in [0.1, 0.15) is 5.78 Å². The summed E-state index contributed by atoms with van der Waals surface area (Å²) in [6.07, 6.45) is 3.08. The maximum atomic E-state index is 10.9. The summed E-state index contributed by atoms with van der Waals surface area (Å²) in [5.41, 5.74) is 0. The van der Waals surface area contributed by atoms with Gasteiger partial charge in [-0.2, -0.15) is 0 Å². The molecule has 1 saturated heterocycles. The minimum atomic E-state index is 0.298. The standard InChI is InChI=1S/C13H26N2O2/c1-13(16)5-7-15-10-8-14(9-11-15)6-3-4-12-17-2/h3-12H2,1-2H3. The summed E-state index contributed by atoms with van der Waals surface area (Å²) in [7, 11) is 1.76. The van der Waals surface area contributed by atoms with Gasteiger partial charge in [-0.1, -0.05) is 0 Å². The molecule has 1 heterocycles. The third kappa shape index (κ3) is 6.76. The number of hydrogen-bond acceptors (Lipinski definition) is 4. The Morgan fingerprint density at radius 3 is 2.18 bits per heavy atom. The number of carbonyl (C=O) groups is 1. The molecule has 0 aromatic heterocycles. The molecule has 1 aliphatic heterocycles. The molecular formula is C13H26N2O2. The molecule has 0 unspecified atom stereocenters. The van der Waals surface area contributed by atoms with Crippen LogP contribution in [0.4, 0.5) is 0 Å². The molecule has 0 aliphatic carbocycles. The summed E-state index contributed by atoms with van der Waals surface area (Å²) < 4.78 is 5.04. The van der Waals surface area contributed by atoms with E-state index in [2.05, 4.69) is 9.80 Å². The zero-order valence-electron chi connectivity index (χ0n) is 11.3. The van der Waals surface area contributed by atoms with Gasteiger partial charge in [-0.05, 0) is 26.3 Å². The van der Waals surface area contributed by atoms with Gasteiger partial charge in [0.05, 0.1) is 0 Å². The topological polar surface area (TPSA) is 32.8 Å². The first-order chi connectivity index (χ1) is 8.22. The Labute approximate surface area is 105 Å². The number of ether oxygens (including phenoxy) is 1. The second-order valence-corrected chi connectivity index (χ2v) is 4.84. The molecule has 17 heavy (non-hydrogen) atoms. The number of rotatable bonds is 8. The van der Waals surface area contributed by atoms with Crippen molar-refractivity contribution >= 4 is 5.78 Å². The number of ketones is 1. The average molecular weight is 242 g/mol. The van der Waals surface area contributed by atoms with Crippen molar-refractivity contribution in [2.75, 3.05) is 53.0 Å². The van der Waals surface area contributed by atoms with E-state index in [0.717, 1.165) is 45.8 Å². The monoisotopic (exact) mass is 242 g/mol. The smallest absolute Gasteiger partial charge is 0.131 e. The molecule has 0 N–H and O–H groups in total. The molecular weight excluding hydrogens is 216 g/mol. The zero-order valence-corrected chi connectivity index (χ0v) is 11.3. The van der Waals surface area contributed by atoms with E-state index in [1.165, 1.54) is 13.0 Å². The number of nitrogens with zero attached hydrogens (tertiary/aromatic N) is 2. The highest BCUT2D eigenvalue weighted by Gasteiger charge is 2.16. The van der Waals surface area contributed by atoms with Crippen LogP contribution in [0.3, 0.4) is 0 Å². The second kappa shape index (κ2) is 8.61. The van der Waals surface area contributed by atoms with Crippen LogP contribution >= 0.6 is 0 Å². The zero-order chi connectivity index (χ0) is 12.5. The highest BCUT2D eigenvalue weighted by atomic mass is 16.5. The summed E-state index contributed by atoms with van der Waals surface area (Å²) in [5, 5.41) is 0. The quantitative estimate of drug-likeness (QED) is 0.595. The molecule has 1 aliphatic rings. The number of unbranched alkanes of at least 4 members (excludes halogenated alkanes) is 1. The van der Waals surface area contributed by atoms with Gasteiger partial charge in [-0.25, -0.2) is 0 Å². The SMILES string of the molecule is COCCCCN1CCN(CCC(C)=O)CC1. The molecule has 0 saturated carbocycles. The number of piperazine rings is 1. The first-order valence-electron chi connectivity index (χ1n) is 6.65. The van der Waals surface area contributed by atoms with Gasteiger partial charge in [0, 0.05) is 52.9 Å². The molecule has 0 bridgehead atoms. The van der Waals surface area contributed by atoms with Crippen LogP contribution < -0.4 is 0 Å². The van der Waals surface area contributed by atoms with Crippen molar-refractivity contribution in [3.05, 3.63) is 0 Å². The van der Waals surface area contributed by atoms with Crippen molar-refractivity contribution in [3.63, 3.8) is 0 Å².